The van der Waals surface area contributed by atoms with Crippen LogP contribution in [0, 0.1) is 11.6 Å². The van der Waals surface area contributed by atoms with Gasteiger partial charge in [-0.25, -0.2) is 8.78 Å². The second-order valence-electron chi connectivity index (χ2n) is 4.44. The average Bonchev–Trinajstić information content (AvgIpc) is 2.55. The molecule has 0 spiro atoms. The molecule has 2 rings (SSSR count). The molecule has 122 valence electrons. The minimum absolute atomic E-state index is 0.119. The zero-order valence-corrected chi connectivity index (χ0v) is 12.0. The van der Waals surface area contributed by atoms with E-state index in [1.807, 2.05) is 0 Å². The summed E-state index contributed by atoms with van der Waals surface area (Å²) in [7, 11) is 1.36. The van der Waals surface area contributed by atoms with Crippen LogP contribution in [0.4, 0.5) is 13.3 Å². The van der Waals surface area contributed by atoms with E-state index in [0.717, 1.165) is 17.8 Å². The van der Waals surface area contributed by atoms with Crippen molar-refractivity contribution in [1.82, 2.24) is 11.0 Å². The summed E-state index contributed by atoms with van der Waals surface area (Å²) in [6.07, 6.45) is 0. The van der Waals surface area contributed by atoms with Crippen molar-refractivity contribution in [1.29, 1.82) is 0 Å². The number of halogens is 3. The number of hydrogen-bond acceptors (Lipinski definition) is 4. The van der Waals surface area contributed by atoms with Gasteiger partial charge in [0.25, 0.3) is 5.91 Å². The van der Waals surface area contributed by atoms with Gasteiger partial charge in [0.05, 0.1) is 5.56 Å². The SMILES string of the molecule is CNC(=O)c1cc(F)c(COc2ccc(ONF)cc2)c(F)c1. The van der Waals surface area contributed by atoms with E-state index in [2.05, 4.69) is 10.2 Å². The molecule has 0 radical (unpaired) electrons. The Morgan fingerprint density at radius 2 is 1.65 bits per heavy atom. The molecule has 2 aromatic carbocycles. The minimum Gasteiger partial charge on any atom is -0.489 e. The predicted octanol–water partition coefficient (Wildman–Crippen LogP) is 2.67. The highest BCUT2D eigenvalue weighted by molar-refractivity contribution is 5.94. The van der Waals surface area contributed by atoms with E-state index in [0.29, 0.717) is 5.75 Å². The number of hydrogen-bond donors (Lipinski definition) is 2. The molecule has 2 aromatic rings. The van der Waals surface area contributed by atoms with Gasteiger partial charge in [0.2, 0.25) is 0 Å². The first-order chi connectivity index (χ1) is 11.0. The number of rotatable bonds is 6. The standard InChI is InChI=1S/C15H13F3N2O3/c1-19-15(21)9-6-13(16)12(14(17)7-9)8-22-10-2-4-11(5-3-10)23-20-18/h2-7,20H,8H2,1H3,(H,19,21). The van der Waals surface area contributed by atoms with Crippen LogP contribution >= 0.6 is 0 Å². The molecule has 0 aliphatic rings. The zero-order chi connectivity index (χ0) is 16.8. The summed E-state index contributed by atoms with van der Waals surface area (Å²) < 4.78 is 44.8. The van der Waals surface area contributed by atoms with Crippen LogP contribution in [-0.2, 0) is 6.61 Å². The van der Waals surface area contributed by atoms with Crippen LogP contribution in [0.1, 0.15) is 15.9 Å². The van der Waals surface area contributed by atoms with Gasteiger partial charge in [-0.2, -0.15) is 0 Å². The normalized spacial score (nSPS) is 10.3. The van der Waals surface area contributed by atoms with Crippen LogP contribution in [0.5, 0.6) is 11.5 Å². The zero-order valence-electron chi connectivity index (χ0n) is 12.0. The molecule has 0 atom stereocenters. The van der Waals surface area contributed by atoms with Crippen molar-refractivity contribution in [2.75, 3.05) is 7.05 Å². The first kappa shape index (κ1) is 16.6. The van der Waals surface area contributed by atoms with Gasteiger partial charge in [-0.15, -0.1) is 0 Å². The van der Waals surface area contributed by atoms with Crippen molar-refractivity contribution in [3.63, 3.8) is 0 Å². The molecule has 0 aromatic heterocycles. The third kappa shape index (κ3) is 4.13. The maximum Gasteiger partial charge on any atom is 0.251 e. The monoisotopic (exact) mass is 326 g/mol. The summed E-state index contributed by atoms with van der Waals surface area (Å²) in [6.45, 7) is -0.368. The Morgan fingerprint density at radius 3 is 2.17 bits per heavy atom. The third-order valence-corrected chi connectivity index (χ3v) is 2.99. The Balaban J connectivity index is 2.09. The van der Waals surface area contributed by atoms with E-state index in [1.54, 1.807) is 0 Å². The van der Waals surface area contributed by atoms with Crippen LogP contribution in [-0.4, -0.2) is 13.0 Å². The van der Waals surface area contributed by atoms with Crippen molar-refractivity contribution in [2.45, 2.75) is 6.61 Å². The highest BCUT2D eigenvalue weighted by Crippen LogP contribution is 2.21. The molecule has 0 aliphatic carbocycles. The summed E-state index contributed by atoms with van der Waals surface area (Å²) >= 11 is 0. The smallest absolute Gasteiger partial charge is 0.251 e. The largest absolute Gasteiger partial charge is 0.489 e. The Hall–Kier alpha value is -2.74. The molecule has 5 nitrogen and oxygen atoms in total. The summed E-state index contributed by atoms with van der Waals surface area (Å²) in [6, 6.07) is 7.57. The fourth-order valence-corrected chi connectivity index (χ4v) is 1.82. The molecule has 0 heterocycles. The van der Waals surface area contributed by atoms with E-state index in [9.17, 15) is 18.1 Å². The summed E-state index contributed by atoms with van der Waals surface area (Å²) in [4.78, 5) is 15.8. The number of amides is 1. The fourth-order valence-electron chi connectivity index (χ4n) is 1.82. The quantitative estimate of drug-likeness (QED) is 0.633. The molecule has 23 heavy (non-hydrogen) atoms. The molecule has 0 aliphatic heterocycles. The Morgan fingerprint density at radius 1 is 1.09 bits per heavy atom. The fraction of sp³-hybridized carbons (Fsp3) is 0.133. The van der Waals surface area contributed by atoms with Gasteiger partial charge in [-0.3, -0.25) is 4.79 Å². The summed E-state index contributed by atoms with van der Waals surface area (Å²) in [5.74, 6) is -1.85. The van der Waals surface area contributed by atoms with Crippen molar-refractivity contribution in [3.8, 4) is 11.5 Å². The number of carbonyl (C=O) groups excluding carboxylic acids is 1. The Labute approximate surface area is 129 Å². The molecular weight excluding hydrogens is 313 g/mol. The van der Waals surface area contributed by atoms with Gasteiger partial charge < -0.3 is 14.9 Å². The second-order valence-corrected chi connectivity index (χ2v) is 4.44. The van der Waals surface area contributed by atoms with Crippen molar-refractivity contribution in [2.24, 2.45) is 0 Å². The molecule has 0 bridgehead atoms. The Kier molecular flexibility index (Phi) is 5.42. The number of ether oxygens (including phenoxy) is 1. The van der Waals surface area contributed by atoms with E-state index in [4.69, 9.17) is 4.74 Å². The van der Waals surface area contributed by atoms with Crippen LogP contribution in [0.2, 0.25) is 0 Å². The van der Waals surface area contributed by atoms with Crippen LogP contribution in [0.25, 0.3) is 0 Å². The van der Waals surface area contributed by atoms with E-state index < -0.39 is 17.5 Å². The molecule has 0 saturated carbocycles. The topological polar surface area (TPSA) is 59.6 Å². The highest BCUT2D eigenvalue weighted by Gasteiger charge is 2.15. The lowest BCUT2D eigenvalue weighted by molar-refractivity contribution is 0.0450. The van der Waals surface area contributed by atoms with Crippen molar-refractivity contribution in [3.05, 3.63) is 59.2 Å². The van der Waals surface area contributed by atoms with E-state index >= 15 is 0 Å². The van der Waals surface area contributed by atoms with E-state index in [1.165, 1.54) is 31.3 Å². The number of carbonyl (C=O) groups is 1. The summed E-state index contributed by atoms with van der Waals surface area (Å²) in [5, 5.41) is 2.28. The van der Waals surface area contributed by atoms with Gasteiger partial charge >= 0.3 is 0 Å². The molecule has 0 saturated heterocycles. The lowest BCUT2D eigenvalue weighted by Gasteiger charge is -2.10. The van der Waals surface area contributed by atoms with Crippen LogP contribution < -0.4 is 20.6 Å². The molecule has 0 unspecified atom stereocenters. The maximum absolute atomic E-state index is 13.9. The molecule has 0 fully saturated rings. The van der Waals surface area contributed by atoms with Crippen molar-refractivity contribution >= 4 is 5.91 Å². The van der Waals surface area contributed by atoms with Crippen molar-refractivity contribution < 1.29 is 27.6 Å². The average molecular weight is 326 g/mol. The number of nitrogens with one attached hydrogen (secondary N) is 2. The minimum atomic E-state index is -0.884. The maximum atomic E-state index is 13.9. The Bertz CT molecular complexity index is 670. The third-order valence-electron chi connectivity index (χ3n) is 2.99. The molecule has 1 amide bonds. The van der Waals surface area contributed by atoms with Gasteiger partial charge in [0, 0.05) is 18.3 Å². The second kappa shape index (κ2) is 7.50. The van der Waals surface area contributed by atoms with Gasteiger partial charge in [0.15, 0.2) is 5.75 Å². The van der Waals surface area contributed by atoms with Gasteiger partial charge in [-0.05, 0) is 36.4 Å². The first-order valence-corrected chi connectivity index (χ1v) is 6.50. The molecule has 2 N–H and O–H groups in total. The predicted molar refractivity (Wildman–Crippen MR) is 75.4 cm³/mol. The van der Waals surface area contributed by atoms with Crippen LogP contribution in [0.15, 0.2) is 36.4 Å². The molecular formula is C15H13F3N2O3. The van der Waals surface area contributed by atoms with Crippen LogP contribution in [0.3, 0.4) is 0 Å². The summed E-state index contributed by atoms with van der Waals surface area (Å²) in [5.41, 5.74) is 0.601. The highest BCUT2D eigenvalue weighted by atomic mass is 19.2. The lowest BCUT2D eigenvalue weighted by Crippen LogP contribution is -2.18. The first-order valence-electron chi connectivity index (χ1n) is 6.50. The van der Waals surface area contributed by atoms with Gasteiger partial charge in [0.1, 0.15) is 24.0 Å². The molecule has 8 heteroatoms. The number of benzene rings is 2. The van der Waals surface area contributed by atoms with Gasteiger partial charge in [-0.1, -0.05) is 4.48 Å². The lowest BCUT2D eigenvalue weighted by atomic mass is 10.1. The van der Waals surface area contributed by atoms with E-state index in [-0.39, 0.29) is 23.5 Å².